The summed E-state index contributed by atoms with van der Waals surface area (Å²) in [6, 6.07) is 4.13. The number of esters is 1. The number of nitrogens with zero attached hydrogens (tertiary/aromatic N) is 1. The van der Waals surface area contributed by atoms with Gasteiger partial charge in [-0.3, -0.25) is 9.59 Å². The van der Waals surface area contributed by atoms with E-state index in [2.05, 4.69) is 10.6 Å². The van der Waals surface area contributed by atoms with Gasteiger partial charge >= 0.3 is 5.97 Å². The van der Waals surface area contributed by atoms with Crippen LogP contribution in [-0.4, -0.2) is 58.7 Å². The van der Waals surface area contributed by atoms with Crippen molar-refractivity contribution in [3.8, 4) is 0 Å². The number of aliphatic hydroxyl groups is 2. The monoisotopic (exact) mass is 469 g/mol. The van der Waals surface area contributed by atoms with Gasteiger partial charge in [0.1, 0.15) is 11.8 Å². The first kappa shape index (κ1) is 25.2. The normalized spacial score (nSPS) is 23.3. The molecule has 2 saturated heterocycles. The SMILES string of the molecule is CC(C)(C)OC(=O)CC1(O)CCN(c2ccc(NC3CCC(=O)NC3O)cc2C(F)F)CC1. The fraction of sp³-hybridized carbons (Fsp3) is 0.652. The molecule has 0 aromatic heterocycles. The van der Waals surface area contributed by atoms with Gasteiger partial charge in [-0.25, -0.2) is 8.78 Å². The first-order valence-electron chi connectivity index (χ1n) is 11.2. The van der Waals surface area contributed by atoms with Gasteiger partial charge in [0.25, 0.3) is 6.43 Å². The minimum Gasteiger partial charge on any atom is -0.460 e. The van der Waals surface area contributed by atoms with E-state index in [1.165, 1.54) is 6.07 Å². The van der Waals surface area contributed by atoms with Gasteiger partial charge in [-0.05, 0) is 58.2 Å². The summed E-state index contributed by atoms with van der Waals surface area (Å²) in [5.74, 6) is -0.732. The highest BCUT2D eigenvalue weighted by atomic mass is 19.3. The lowest BCUT2D eigenvalue weighted by atomic mass is 9.87. The molecule has 1 aromatic carbocycles. The average Bonchev–Trinajstić information content (AvgIpc) is 2.69. The molecule has 3 rings (SSSR count). The molecular weight excluding hydrogens is 436 g/mol. The number of hydrogen-bond donors (Lipinski definition) is 4. The number of halogens is 2. The third kappa shape index (κ3) is 6.77. The van der Waals surface area contributed by atoms with E-state index in [-0.39, 0.29) is 37.2 Å². The number of hydrogen-bond acceptors (Lipinski definition) is 7. The number of amides is 1. The Morgan fingerprint density at radius 2 is 2.00 bits per heavy atom. The van der Waals surface area contributed by atoms with Gasteiger partial charge in [-0.2, -0.15) is 0 Å². The highest BCUT2D eigenvalue weighted by molar-refractivity contribution is 5.77. The van der Waals surface area contributed by atoms with E-state index in [0.717, 1.165) is 0 Å². The third-order valence-corrected chi connectivity index (χ3v) is 5.92. The van der Waals surface area contributed by atoms with Crippen LogP contribution in [-0.2, 0) is 14.3 Å². The fourth-order valence-electron chi connectivity index (χ4n) is 4.24. The van der Waals surface area contributed by atoms with Gasteiger partial charge in [0, 0.05) is 36.4 Å². The van der Waals surface area contributed by atoms with Crippen LogP contribution in [0.15, 0.2) is 18.2 Å². The van der Waals surface area contributed by atoms with Gasteiger partial charge in [0.15, 0.2) is 0 Å². The Kier molecular flexibility index (Phi) is 7.48. The van der Waals surface area contributed by atoms with E-state index in [9.17, 15) is 28.6 Å². The van der Waals surface area contributed by atoms with E-state index in [1.54, 1.807) is 37.8 Å². The van der Waals surface area contributed by atoms with Crippen LogP contribution < -0.4 is 15.5 Å². The van der Waals surface area contributed by atoms with Crippen LogP contribution in [0.5, 0.6) is 0 Å². The molecule has 2 fully saturated rings. The topological polar surface area (TPSA) is 111 Å². The van der Waals surface area contributed by atoms with Crippen LogP contribution in [0, 0.1) is 0 Å². The Morgan fingerprint density at radius 3 is 2.58 bits per heavy atom. The predicted molar refractivity (Wildman–Crippen MR) is 119 cm³/mol. The van der Waals surface area contributed by atoms with Crippen LogP contribution in [0.2, 0.25) is 0 Å². The fourth-order valence-corrected chi connectivity index (χ4v) is 4.24. The van der Waals surface area contributed by atoms with Gasteiger partial charge in [0.2, 0.25) is 5.91 Å². The van der Waals surface area contributed by atoms with Crippen molar-refractivity contribution in [3.05, 3.63) is 23.8 Å². The molecule has 184 valence electrons. The molecular formula is C23H33F2N3O5. The third-order valence-electron chi connectivity index (χ3n) is 5.92. The second-order valence-corrected chi connectivity index (χ2v) is 9.85. The number of rotatable bonds is 6. The highest BCUT2D eigenvalue weighted by Crippen LogP contribution is 2.36. The van der Waals surface area contributed by atoms with Crippen LogP contribution in [0.4, 0.5) is 20.2 Å². The smallest absolute Gasteiger partial charge is 0.309 e. The van der Waals surface area contributed by atoms with Gasteiger partial charge in [0.05, 0.1) is 18.1 Å². The van der Waals surface area contributed by atoms with Crippen LogP contribution in [0.25, 0.3) is 0 Å². The van der Waals surface area contributed by atoms with Crippen molar-refractivity contribution in [2.45, 2.75) is 82.8 Å². The number of piperidine rings is 2. The van der Waals surface area contributed by atoms with Crippen LogP contribution in [0.1, 0.15) is 64.9 Å². The Hall–Kier alpha value is -2.46. The number of benzene rings is 1. The Morgan fingerprint density at radius 1 is 1.33 bits per heavy atom. The Labute approximate surface area is 192 Å². The molecule has 1 aromatic rings. The van der Waals surface area contributed by atoms with Crippen molar-refractivity contribution in [2.75, 3.05) is 23.3 Å². The number of nitrogens with one attached hydrogen (secondary N) is 2. The summed E-state index contributed by atoms with van der Waals surface area (Å²) < 4.78 is 33.1. The lowest BCUT2D eigenvalue weighted by Gasteiger charge is -2.40. The van der Waals surface area contributed by atoms with E-state index < -0.39 is 35.9 Å². The van der Waals surface area contributed by atoms with E-state index >= 15 is 0 Å². The number of anilines is 2. The van der Waals surface area contributed by atoms with E-state index in [4.69, 9.17) is 4.74 Å². The molecule has 0 spiro atoms. The molecule has 2 aliphatic heterocycles. The molecule has 10 heteroatoms. The summed E-state index contributed by atoms with van der Waals surface area (Å²) >= 11 is 0. The summed E-state index contributed by atoms with van der Waals surface area (Å²) in [6.07, 6.45) is -2.81. The lowest BCUT2D eigenvalue weighted by molar-refractivity contribution is -0.161. The van der Waals surface area contributed by atoms with E-state index in [0.29, 0.717) is 30.9 Å². The van der Waals surface area contributed by atoms with Gasteiger partial charge in [-0.15, -0.1) is 0 Å². The maximum absolute atomic E-state index is 13.9. The molecule has 0 saturated carbocycles. The quantitative estimate of drug-likeness (QED) is 0.474. The maximum atomic E-state index is 13.9. The predicted octanol–water partition coefficient (Wildman–Crippen LogP) is 2.70. The number of carbonyl (C=O) groups excluding carboxylic acids is 2. The van der Waals surface area contributed by atoms with Crippen molar-refractivity contribution in [1.29, 1.82) is 0 Å². The zero-order valence-corrected chi connectivity index (χ0v) is 19.2. The molecule has 0 aliphatic carbocycles. The molecule has 0 bridgehead atoms. The first-order chi connectivity index (χ1) is 15.3. The summed E-state index contributed by atoms with van der Waals surface area (Å²) in [5, 5.41) is 26.3. The lowest BCUT2D eigenvalue weighted by Crippen LogP contribution is -2.51. The summed E-state index contributed by atoms with van der Waals surface area (Å²) in [5.41, 5.74) is -1.24. The Balaban J connectivity index is 1.66. The van der Waals surface area contributed by atoms with Gasteiger partial charge in [-0.1, -0.05) is 0 Å². The van der Waals surface area contributed by atoms with Crippen molar-refractivity contribution in [3.63, 3.8) is 0 Å². The minimum absolute atomic E-state index is 0.136. The van der Waals surface area contributed by atoms with Gasteiger partial charge < -0.3 is 30.5 Å². The molecule has 8 nitrogen and oxygen atoms in total. The standard InChI is InChI=1S/C23H33F2N3O5/c1-22(2,3)33-19(30)13-23(32)8-10-28(11-9-23)17-6-4-14(12-15(17)20(24)25)26-16-5-7-18(29)27-21(16)31/h4,6,12,16,20-21,26,31-32H,5,7-11,13H2,1-3H3,(H,27,29). The number of alkyl halides is 2. The number of carbonyl (C=O) groups is 2. The van der Waals surface area contributed by atoms with E-state index in [1.807, 2.05) is 0 Å². The summed E-state index contributed by atoms with van der Waals surface area (Å²) in [4.78, 5) is 25.3. The minimum atomic E-state index is -2.72. The molecule has 0 radical (unpaired) electrons. The van der Waals surface area contributed by atoms with Crippen LogP contribution >= 0.6 is 0 Å². The zero-order valence-electron chi connectivity index (χ0n) is 19.2. The number of aliphatic hydroxyl groups excluding tert-OH is 1. The Bertz CT molecular complexity index is 866. The second kappa shape index (κ2) is 9.80. The zero-order chi connectivity index (χ0) is 24.4. The molecule has 1 amide bonds. The first-order valence-corrected chi connectivity index (χ1v) is 11.2. The molecule has 2 heterocycles. The van der Waals surface area contributed by atoms with Crippen LogP contribution in [0.3, 0.4) is 0 Å². The maximum Gasteiger partial charge on any atom is 0.309 e. The second-order valence-electron chi connectivity index (χ2n) is 9.85. The molecule has 2 unspecified atom stereocenters. The highest BCUT2D eigenvalue weighted by Gasteiger charge is 2.37. The van der Waals surface area contributed by atoms with Crippen molar-refractivity contribution >= 4 is 23.3 Å². The summed E-state index contributed by atoms with van der Waals surface area (Å²) in [7, 11) is 0. The molecule has 2 aliphatic rings. The summed E-state index contributed by atoms with van der Waals surface area (Å²) in [6.45, 7) is 5.91. The largest absolute Gasteiger partial charge is 0.460 e. The average molecular weight is 470 g/mol. The number of ether oxygens (including phenoxy) is 1. The molecule has 2 atom stereocenters. The van der Waals surface area contributed by atoms with Crippen molar-refractivity contribution in [2.24, 2.45) is 0 Å². The van der Waals surface area contributed by atoms with Crippen molar-refractivity contribution < 1.29 is 33.3 Å². The molecule has 33 heavy (non-hydrogen) atoms. The van der Waals surface area contributed by atoms with Crippen molar-refractivity contribution in [1.82, 2.24) is 5.32 Å². The molecule has 4 N–H and O–H groups in total.